The van der Waals surface area contributed by atoms with Gasteiger partial charge < -0.3 is 14.0 Å². The van der Waals surface area contributed by atoms with Crippen molar-refractivity contribution in [1.82, 2.24) is 19.7 Å². The maximum Gasteiger partial charge on any atom is 0.239 e. The van der Waals surface area contributed by atoms with Crippen molar-refractivity contribution in [1.29, 1.82) is 0 Å². The average molecular weight is 376 g/mol. The molecule has 1 aromatic carbocycles. The minimum Gasteiger partial charge on any atom is -0.497 e. The largest absolute Gasteiger partial charge is 0.497 e. The monoisotopic (exact) mass is 376 g/mol. The number of methoxy groups -OCH3 is 1. The second-order valence-electron chi connectivity index (χ2n) is 5.75. The quantitative estimate of drug-likeness (QED) is 0.679. The van der Waals surface area contributed by atoms with E-state index in [1.54, 1.807) is 11.7 Å². The topological polar surface area (TPSA) is 86.6 Å². The molecule has 3 rings (SSSR count). The molecule has 1 saturated heterocycles. The SMILES string of the molecule is COc1ccc(OCc2nnc(SCC(=O)N3CCCC3=O)n2C)cc1. The fourth-order valence-corrected chi connectivity index (χ4v) is 3.34. The maximum atomic E-state index is 12.1. The first-order valence-electron chi connectivity index (χ1n) is 8.19. The normalized spacial score (nSPS) is 13.9. The van der Waals surface area contributed by atoms with Crippen molar-refractivity contribution in [2.45, 2.75) is 24.6 Å². The van der Waals surface area contributed by atoms with E-state index in [0.717, 1.165) is 12.2 Å². The molecular weight excluding hydrogens is 356 g/mol. The van der Waals surface area contributed by atoms with Gasteiger partial charge in [0.15, 0.2) is 11.0 Å². The molecule has 26 heavy (non-hydrogen) atoms. The van der Waals surface area contributed by atoms with Gasteiger partial charge in [-0.2, -0.15) is 0 Å². The molecular formula is C17H20N4O4S. The van der Waals surface area contributed by atoms with Crippen molar-refractivity contribution in [2.24, 2.45) is 7.05 Å². The van der Waals surface area contributed by atoms with Crippen LogP contribution in [0.25, 0.3) is 0 Å². The molecule has 2 amide bonds. The summed E-state index contributed by atoms with van der Waals surface area (Å²) in [6.07, 6.45) is 1.19. The van der Waals surface area contributed by atoms with E-state index in [1.165, 1.54) is 16.7 Å². The van der Waals surface area contributed by atoms with Gasteiger partial charge >= 0.3 is 0 Å². The van der Waals surface area contributed by atoms with Crippen LogP contribution in [0.3, 0.4) is 0 Å². The lowest BCUT2D eigenvalue weighted by Crippen LogP contribution is -2.33. The first-order valence-corrected chi connectivity index (χ1v) is 9.18. The van der Waals surface area contributed by atoms with E-state index in [1.807, 2.05) is 31.3 Å². The van der Waals surface area contributed by atoms with Crippen molar-refractivity contribution in [3.63, 3.8) is 0 Å². The smallest absolute Gasteiger partial charge is 0.239 e. The fourth-order valence-electron chi connectivity index (χ4n) is 2.53. The number of hydrogen-bond donors (Lipinski definition) is 0. The van der Waals surface area contributed by atoms with Crippen LogP contribution in [-0.2, 0) is 23.2 Å². The Hall–Kier alpha value is -2.55. The number of imide groups is 1. The van der Waals surface area contributed by atoms with Crippen LogP contribution in [0.2, 0.25) is 0 Å². The van der Waals surface area contributed by atoms with Gasteiger partial charge in [0.25, 0.3) is 0 Å². The number of amides is 2. The van der Waals surface area contributed by atoms with E-state index >= 15 is 0 Å². The van der Waals surface area contributed by atoms with E-state index in [9.17, 15) is 9.59 Å². The van der Waals surface area contributed by atoms with Gasteiger partial charge in [0.2, 0.25) is 11.8 Å². The molecule has 0 saturated carbocycles. The summed E-state index contributed by atoms with van der Waals surface area (Å²) >= 11 is 1.27. The van der Waals surface area contributed by atoms with Crippen LogP contribution < -0.4 is 9.47 Å². The van der Waals surface area contributed by atoms with Gasteiger partial charge in [0.1, 0.15) is 18.1 Å². The van der Waals surface area contributed by atoms with E-state index in [0.29, 0.717) is 29.7 Å². The third-order valence-electron chi connectivity index (χ3n) is 4.05. The molecule has 2 heterocycles. The summed E-state index contributed by atoms with van der Waals surface area (Å²) in [5, 5.41) is 8.81. The molecule has 8 nitrogen and oxygen atoms in total. The Morgan fingerprint density at radius 3 is 2.62 bits per heavy atom. The number of nitrogens with zero attached hydrogens (tertiary/aromatic N) is 4. The average Bonchev–Trinajstić information content (AvgIpc) is 3.24. The predicted octanol–water partition coefficient (Wildman–Crippen LogP) is 1.64. The lowest BCUT2D eigenvalue weighted by atomic mass is 10.3. The molecule has 1 aromatic heterocycles. The van der Waals surface area contributed by atoms with Crippen molar-refractivity contribution in [3.05, 3.63) is 30.1 Å². The Bertz CT molecular complexity index is 791. The molecule has 0 unspecified atom stereocenters. The molecule has 0 atom stereocenters. The number of rotatable bonds is 7. The van der Waals surface area contributed by atoms with Gasteiger partial charge in [-0.15, -0.1) is 10.2 Å². The molecule has 9 heteroatoms. The predicted molar refractivity (Wildman–Crippen MR) is 95.0 cm³/mol. The third kappa shape index (κ3) is 4.16. The second kappa shape index (κ2) is 8.22. The zero-order valence-electron chi connectivity index (χ0n) is 14.7. The lowest BCUT2D eigenvalue weighted by molar-refractivity contribution is -0.140. The number of benzene rings is 1. The Kier molecular flexibility index (Phi) is 5.77. The number of carbonyl (C=O) groups is 2. The summed E-state index contributed by atoms with van der Waals surface area (Å²) < 4.78 is 12.6. The molecule has 138 valence electrons. The van der Waals surface area contributed by atoms with Crippen LogP contribution in [0, 0.1) is 0 Å². The Labute approximate surface area is 155 Å². The molecule has 0 radical (unpaired) electrons. The van der Waals surface area contributed by atoms with Crippen molar-refractivity contribution >= 4 is 23.6 Å². The van der Waals surface area contributed by atoms with E-state index in [4.69, 9.17) is 9.47 Å². The van der Waals surface area contributed by atoms with Gasteiger partial charge in [-0.05, 0) is 30.7 Å². The molecule has 0 aliphatic carbocycles. The van der Waals surface area contributed by atoms with Gasteiger partial charge in [-0.1, -0.05) is 11.8 Å². The summed E-state index contributed by atoms with van der Waals surface area (Å²) in [4.78, 5) is 25.0. The minimum absolute atomic E-state index is 0.0952. The summed E-state index contributed by atoms with van der Waals surface area (Å²) in [6.45, 7) is 0.771. The Morgan fingerprint density at radius 2 is 1.96 bits per heavy atom. The van der Waals surface area contributed by atoms with Crippen LogP contribution in [0.4, 0.5) is 0 Å². The Morgan fingerprint density at radius 1 is 1.23 bits per heavy atom. The highest BCUT2D eigenvalue weighted by Crippen LogP contribution is 2.20. The molecule has 1 fully saturated rings. The van der Waals surface area contributed by atoms with Crippen molar-refractivity contribution < 1.29 is 19.1 Å². The van der Waals surface area contributed by atoms with E-state index in [2.05, 4.69) is 10.2 Å². The van der Waals surface area contributed by atoms with Gasteiger partial charge in [0, 0.05) is 20.0 Å². The number of ether oxygens (including phenoxy) is 2. The number of aromatic nitrogens is 3. The van der Waals surface area contributed by atoms with E-state index < -0.39 is 0 Å². The zero-order valence-corrected chi connectivity index (χ0v) is 15.5. The highest BCUT2D eigenvalue weighted by molar-refractivity contribution is 7.99. The van der Waals surface area contributed by atoms with Crippen LogP contribution in [0.1, 0.15) is 18.7 Å². The van der Waals surface area contributed by atoms with E-state index in [-0.39, 0.29) is 24.2 Å². The first kappa shape index (κ1) is 18.2. The number of likely N-dealkylation sites (tertiary alicyclic amines) is 1. The number of thioether (sulfide) groups is 1. The van der Waals surface area contributed by atoms with Crippen molar-refractivity contribution in [3.8, 4) is 11.5 Å². The van der Waals surface area contributed by atoms with Crippen LogP contribution in [0.5, 0.6) is 11.5 Å². The summed E-state index contributed by atoms with van der Waals surface area (Å²) in [5.74, 6) is 1.99. The highest BCUT2D eigenvalue weighted by atomic mass is 32.2. The molecule has 1 aliphatic heterocycles. The van der Waals surface area contributed by atoms with Gasteiger partial charge in [-0.25, -0.2) is 0 Å². The van der Waals surface area contributed by atoms with Gasteiger partial charge in [0.05, 0.1) is 12.9 Å². The highest BCUT2D eigenvalue weighted by Gasteiger charge is 2.26. The van der Waals surface area contributed by atoms with Gasteiger partial charge in [-0.3, -0.25) is 14.5 Å². The maximum absolute atomic E-state index is 12.1. The van der Waals surface area contributed by atoms with Crippen LogP contribution >= 0.6 is 11.8 Å². The summed E-state index contributed by atoms with van der Waals surface area (Å²) in [5.41, 5.74) is 0. The Balaban J connectivity index is 1.53. The molecule has 0 N–H and O–H groups in total. The minimum atomic E-state index is -0.184. The fraction of sp³-hybridized carbons (Fsp3) is 0.412. The number of hydrogen-bond acceptors (Lipinski definition) is 7. The zero-order chi connectivity index (χ0) is 18.5. The molecule has 1 aliphatic rings. The molecule has 0 spiro atoms. The number of carbonyl (C=O) groups excluding carboxylic acids is 2. The lowest BCUT2D eigenvalue weighted by Gasteiger charge is -2.12. The third-order valence-corrected chi connectivity index (χ3v) is 5.06. The standard InChI is InChI=1S/C17H20N4O4S/c1-20-14(10-25-13-7-5-12(24-2)6-8-13)18-19-17(20)26-11-16(23)21-9-3-4-15(21)22/h5-8H,3-4,9-11H2,1-2H3. The molecule has 2 aromatic rings. The molecule has 0 bridgehead atoms. The van der Waals surface area contributed by atoms with Crippen LogP contribution in [-0.4, -0.2) is 50.9 Å². The summed E-state index contributed by atoms with van der Waals surface area (Å²) in [6, 6.07) is 7.27. The second-order valence-corrected chi connectivity index (χ2v) is 6.70. The van der Waals surface area contributed by atoms with Crippen molar-refractivity contribution in [2.75, 3.05) is 19.4 Å². The summed E-state index contributed by atoms with van der Waals surface area (Å²) in [7, 11) is 3.43. The first-order chi connectivity index (χ1) is 12.6. The van der Waals surface area contributed by atoms with Crippen LogP contribution in [0.15, 0.2) is 29.4 Å².